The van der Waals surface area contributed by atoms with Crippen LogP contribution in [0, 0.1) is 0 Å². The van der Waals surface area contributed by atoms with E-state index >= 15 is 0 Å². The highest BCUT2D eigenvalue weighted by Gasteiger charge is 2.22. The molecule has 0 saturated heterocycles. The zero-order valence-electron chi connectivity index (χ0n) is 14.8. The second-order valence-corrected chi connectivity index (χ2v) is 7.22. The van der Waals surface area contributed by atoms with Gasteiger partial charge in [-0.1, -0.05) is 37.3 Å². The Hall–Kier alpha value is -3.06. The summed E-state index contributed by atoms with van der Waals surface area (Å²) in [4.78, 5) is 35.2. The Balaban J connectivity index is 1.66. The van der Waals surface area contributed by atoms with E-state index in [0.29, 0.717) is 23.2 Å². The van der Waals surface area contributed by atoms with E-state index < -0.39 is 6.04 Å². The number of carbonyl (C=O) groups excluding carboxylic acids is 1. The maximum Gasteiger partial charge on any atom is 0.272 e. The molecule has 3 heterocycles. The van der Waals surface area contributed by atoms with Crippen LogP contribution >= 0.6 is 11.3 Å². The highest BCUT2D eigenvalue weighted by atomic mass is 32.1. The molecule has 0 bridgehead atoms. The van der Waals surface area contributed by atoms with E-state index in [-0.39, 0.29) is 11.5 Å². The molecule has 4 rings (SSSR count). The van der Waals surface area contributed by atoms with Gasteiger partial charge in [0, 0.05) is 18.1 Å². The third-order valence-electron chi connectivity index (χ3n) is 4.51. The number of nitrogens with one attached hydrogen (secondary N) is 1. The van der Waals surface area contributed by atoms with Crippen LogP contribution in [0.4, 0.5) is 0 Å². The van der Waals surface area contributed by atoms with Crippen LogP contribution in [0.15, 0.2) is 59.8 Å². The molecular formula is C20H18N4O2S. The summed E-state index contributed by atoms with van der Waals surface area (Å²) in [6.07, 6.45) is 3.67. The second kappa shape index (κ2) is 7.28. The van der Waals surface area contributed by atoms with E-state index in [1.165, 1.54) is 22.2 Å². The van der Waals surface area contributed by atoms with Gasteiger partial charge in [0.15, 0.2) is 0 Å². The first kappa shape index (κ1) is 17.4. The van der Waals surface area contributed by atoms with Gasteiger partial charge in [-0.2, -0.15) is 0 Å². The molecule has 4 aromatic rings. The number of hydrogen-bond donors (Lipinski definition) is 1. The highest BCUT2D eigenvalue weighted by Crippen LogP contribution is 2.28. The third kappa shape index (κ3) is 3.21. The van der Waals surface area contributed by atoms with E-state index in [9.17, 15) is 9.59 Å². The summed E-state index contributed by atoms with van der Waals surface area (Å²) >= 11 is 1.31. The largest absolute Gasteiger partial charge is 0.350 e. The van der Waals surface area contributed by atoms with Crippen molar-refractivity contribution in [2.75, 3.05) is 0 Å². The molecule has 0 aliphatic rings. The Morgan fingerprint density at radius 3 is 2.78 bits per heavy atom. The van der Waals surface area contributed by atoms with Gasteiger partial charge in [0.1, 0.15) is 15.6 Å². The topological polar surface area (TPSA) is 76.9 Å². The van der Waals surface area contributed by atoms with E-state index in [4.69, 9.17) is 0 Å². The van der Waals surface area contributed by atoms with Crippen LogP contribution in [0.25, 0.3) is 20.4 Å². The number of rotatable bonds is 5. The molecule has 3 aromatic heterocycles. The summed E-state index contributed by atoms with van der Waals surface area (Å²) in [5.41, 5.74) is 1.45. The SMILES string of the molecule is CCC(C(=O)NCc1ccccc1)n1cnc2c(sc3ncccc32)c1=O. The molecule has 1 N–H and O–H groups in total. The van der Waals surface area contributed by atoms with Gasteiger partial charge in [-0.05, 0) is 24.1 Å². The molecule has 0 aliphatic heterocycles. The summed E-state index contributed by atoms with van der Waals surface area (Å²) < 4.78 is 1.96. The van der Waals surface area contributed by atoms with Crippen LogP contribution in [-0.2, 0) is 11.3 Å². The Bertz CT molecular complexity index is 1170. The van der Waals surface area contributed by atoms with Crippen LogP contribution in [-0.4, -0.2) is 20.4 Å². The first-order chi connectivity index (χ1) is 13.2. The fourth-order valence-electron chi connectivity index (χ4n) is 3.12. The van der Waals surface area contributed by atoms with E-state index in [0.717, 1.165) is 15.8 Å². The number of nitrogens with zero attached hydrogens (tertiary/aromatic N) is 3. The van der Waals surface area contributed by atoms with Crippen molar-refractivity contribution in [1.29, 1.82) is 0 Å². The number of pyridine rings is 1. The molecule has 0 aliphatic carbocycles. The fraction of sp³-hybridized carbons (Fsp3) is 0.200. The predicted octanol–water partition coefficient (Wildman–Crippen LogP) is 3.27. The maximum absolute atomic E-state index is 13.0. The van der Waals surface area contributed by atoms with E-state index in [1.807, 2.05) is 49.4 Å². The van der Waals surface area contributed by atoms with Crippen molar-refractivity contribution < 1.29 is 4.79 Å². The minimum absolute atomic E-state index is 0.191. The smallest absolute Gasteiger partial charge is 0.272 e. The molecule has 6 nitrogen and oxygen atoms in total. The lowest BCUT2D eigenvalue weighted by atomic mass is 10.2. The van der Waals surface area contributed by atoms with Crippen molar-refractivity contribution in [2.24, 2.45) is 0 Å². The van der Waals surface area contributed by atoms with Crippen molar-refractivity contribution in [1.82, 2.24) is 19.9 Å². The molecule has 1 amide bonds. The monoisotopic (exact) mass is 378 g/mol. The number of carbonyl (C=O) groups is 1. The normalized spacial score (nSPS) is 12.3. The molecule has 7 heteroatoms. The Labute approximate surface area is 159 Å². The number of hydrogen-bond acceptors (Lipinski definition) is 5. The second-order valence-electron chi connectivity index (χ2n) is 6.22. The zero-order valence-corrected chi connectivity index (χ0v) is 15.6. The van der Waals surface area contributed by atoms with Crippen LogP contribution in [0.5, 0.6) is 0 Å². The molecule has 0 fully saturated rings. The minimum atomic E-state index is -0.601. The fourth-order valence-corrected chi connectivity index (χ4v) is 4.15. The summed E-state index contributed by atoms with van der Waals surface area (Å²) in [5, 5.41) is 3.78. The molecule has 1 unspecified atom stereocenters. The average Bonchev–Trinajstić information content (AvgIpc) is 3.09. The van der Waals surface area contributed by atoms with Crippen molar-refractivity contribution in [2.45, 2.75) is 25.9 Å². The van der Waals surface area contributed by atoms with Crippen molar-refractivity contribution in [3.8, 4) is 0 Å². The molecule has 1 aromatic carbocycles. The Kier molecular flexibility index (Phi) is 4.68. The summed E-state index contributed by atoms with van der Waals surface area (Å²) in [7, 11) is 0. The van der Waals surface area contributed by atoms with E-state index in [2.05, 4.69) is 15.3 Å². The molecule has 0 saturated carbocycles. The first-order valence-corrected chi connectivity index (χ1v) is 9.56. The maximum atomic E-state index is 13.0. The first-order valence-electron chi connectivity index (χ1n) is 8.75. The highest BCUT2D eigenvalue weighted by molar-refractivity contribution is 7.25. The van der Waals surface area contributed by atoms with Crippen molar-refractivity contribution in [3.05, 3.63) is 70.9 Å². The number of aromatic nitrogens is 3. The van der Waals surface area contributed by atoms with Gasteiger partial charge in [0.25, 0.3) is 5.56 Å². The summed E-state index contributed by atoms with van der Waals surface area (Å²) in [6, 6.07) is 12.8. The molecular weight excluding hydrogens is 360 g/mol. The van der Waals surface area contributed by atoms with Gasteiger partial charge < -0.3 is 5.32 Å². The predicted molar refractivity (Wildman–Crippen MR) is 107 cm³/mol. The lowest BCUT2D eigenvalue weighted by molar-refractivity contribution is -0.124. The van der Waals surface area contributed by atoms with Gasteiger partial charge in [-0.25, -0.2) is 9.97 Å². The summed E-state index contributed by atoms with van der Waals surface area (Å²) in [5.74, 6) is -0.191. The van der Waals surface area contributed by atoms with Crippen molar-refractivity contribution >= 4 is 37.7 Å². The average molecular weight is 378 g/mol. The Morgan fingerprint density at radius 1 is 1.19 bits per heavy atom. The molecule has 0 spiro atoms. The van der Waals surface area contributed by atoms with Crippen LogP contribution in [0.1, 0.15) is 24.9 Å². The number of thiophene rings is 1. The lowest BCUT2D eigenvalue weighted by Gasteiger charge is -2.17. The summed E-state index contributed by atoms with van der Waals surface area (Å²) in [6.45, 7) is 2.31. The standard InChI is InChI=1S/C20H18N4O2S/c1-2-15(18(25)22-11-13-7-4-3-5-8-13)24-12-23-16-14-9-6-10-21-19(14)27-17(16)20(24)26/h3-10,12,15H,2,11H2,1H3,(H,22,25). The minimum Gasteiger partial charge on any atom is -0.350 e. The van der Waals surface area contributed by atoms with Gasteiger partial charge in [0.05, 0.1) is 11.8 Å². The molecule has 136 valence electrons. The zero-order chi connectivity index (χ0) is 18.8. The third-order valence-corrected chi connectivity index (χ3v) is 5.61. The van der Waals surface area contributed by atoms with E-state index in [1.54, 1.807) is 6.20 Å². The van der Waals surface area contributed by atoms with Gasteiger partial charge >= 0.3 is 0 Å². The van der Waals surface area contributed by atoms with Gasteiger partial charge in [0.2, 0.25) is 5.91 Å². The number of benzene rings is 1. The molecule has 27 heavy (non-hydrogen) atoms. The number of fused-ring (bicyclic) bond motifs is 3. The van der Waals surface area contributed by atoms with Crippen molar-refractivity contribution in [3.63, 3.8) is 0 Å². The molecule has 0 radical (unpaired) electrons. The number of amides is 1. The lowest BCUT2D eigenvalue weighted by Crippen LogP contribution is -2.36. The van der Waals surface area contributed by atoms with Crippen LogP contribution in [0.3, 0.4) is 0 Å². The van der Waals surface area contributed by atoms with Gasteiger partial charge in [-0.3, -0.25) is 14.2 Å². The Morgan fingerprint density at radius 2 is 2.00 bits per heavy atom. The quantitative estimate of drug-likeness (QED) is 0.578. The molecule has 1 atom stereocenters. The van der Waals surface area contributed by atoms with Crippen LogP contribution < -0.4 is 10.9 Å². The van der Waals surface area contributed by atoms with Gasteiger partial charge in [-0.15, -0.1) is 11.3 Å². The van der Waals surface area contributed by atoms with Crippen LogP contribution in [0.2, 0.25) is 0 Å².